The molecule has 0 unspecified atom stereocenters. The number of carboxylic acids is 1. The number of hydrogen-bond donors (Lipinski definition) is 2. The number of ether oxygens (including phenoxy) is 3. The van der Waals surface area contributed by atoms with Gasteiger partial charge < -0.3 is 19.3 Å². The molecule has 0 aliphatic heterocycles. The molecule has 0 aliphatic carbocycles. The largest absolute Gasteiger partial charge is 0.496 e. The van der Waals surface area contributed by atoms with E-state index < -0.39 is 5.97 Å². The predicted molar refractivity (Wildman–Crippen MR) is 122 cm³/mol. The highest BCUT2D eigenvalue weighted by molar-refractivity contribution is 9.10. The van der Waals surface area contributed by atoms with Crippen LogP contribution in [0.3, 0.4) is 0 Å². The van der Waals surface area contributed by atoms with Gasteiger partial charge in [0, 0.05) is 5.02 Å². The summed E-state index contributed by atoms with van der Waals surface area (Å²) in [7, 11) is 4.56. The van der Waals surface area contributed by atoms with E-state index in [0.29, 0.717) is 43.7 Å². The maximum Gasteiger partial charge on any atom is 0.342 e. The van der Waals surface area contributed by atoms with Crippen molar-refractivity contribution in [3.8, 4) is 28.6 Å². The zero-order valence-electron chi connectivity index (χ0n) is 16.6. The minimum Gasteiger partial charge on any atom is -0.496 e. The van der Waals surface area contributed by atoms with Gasteiger partial charge >= 0.3 is 5.97 Å². The number of rotatable bonds is 8. The molecule has 3 aromatic rings. The Bertz CT molecular complexity index is 1150. The highest BCUT2D eigenvalue weighted by atomic mass is 79.9. The van der Waals surface area contributed by atoms with E-state index in [1.54, 1.807) is 30.3 Å². The van der Waals surface area contributed by atoms with Crippen molar-refractivity contribution in [2.45, 2.75) is 5.16 Å². The third kappa shape index (κ3) is 5.33. The highest BCUT2D eigenvalue weighted by Crippen LogP contribution is 2.38. The normalized spacial score (nSPS) is 11.3. The number of aromatic amines is 1. The van der Waals surface area contributed by atoms with E-state index in [1.165, 1.54) is 27.4 Å². The third-order valence-corrected chi connectivity index (χ3v) is 5.75. The summed E-state index contributed by atoms with van der Waals surface area (Å²) in [5, 5.41) is 17.3. The molecule has 8 nitrogen and oxygen atoms in total. The summed E-state index contributed by atoms with van der Waals surface area (Å²) in [6.45, 7) is 0. The Morgan fingerprint density at radius 1 is 1.16 bits per heavy atom. The molecule has 3 rings (SSSR count). The first-order valence-electron chi connectivity index (χ1n) is 8.67. The maximum atomic E-state index is 11.8. The van der Waals surface area contributed by atoms with E-state index in [-0.39, 0.29) is 10.1 Å². The zero-order valence-corrected chi connectivity index (χ0v) is 19.8. The number of nitrogens with one attached hydrogen (secondary N) is 1. The van der Waals surface area contributed by atoms with Crippen LogP contribution in [0, 0.1) is 0 Å². The van der Waals surface area contributed by atoms with Crippen molar-refractivity contribution < 1.29 is 24.1 Å². The van der Waals surface area contributed by atoms with Crippen molar-refractivity contribution in [2.75, 3.05) is 21.3 Å². The van der Waals surface area contributed by atoms with Gasteiger partial charge in [-0.15, -0.1) is 5.10 Å². The Morgan fingerprint density at radius 2 is 1.90 bits per heavy atom. The van der Waals surface area contributed by atoms with Gasteiger partial charge in [-0.2, -0.15) is 0 Å². The van der Waals surface area contributed by atoms with Gasteiger partial charge in [-0.1, -0.05) is 11.6 Å². The number of carboxylic acid groups (broad SMARTS) is 1. The molecular weight excluding hydrogens is 510 g/mol. The summed E-state index contributed by atoms with van der Waals surface area (Å²) in [6.07, 6.45) is 1.50. The van der Waals surface area contributed by atoms with Crippen molar-refractivity contribution in [3.63, 3.8) is 0 Å². The lowest BCUT2D eigenvalue weighted by Gasteiger charge is -2.10. The number of hydrogen-bond acceptors (Lipinski definition) is 7. The molecule has 1 heterocycles. The first-order valence-corrected chi connectivity index (χ1v) is 10.7. The van der Waals surface area contributed by atoms with Crippen molar-refractivity contribution in [1.29, 1.82) is 0 Å². The number of benzene rings is 2. The number of thioether (sulfide) groups is 1. The standard InChI is InChI=1S/C20H17BrClN3O5S/c1-28-14-5-4-11(22)9-12(14)18-23-20(25-24-18)31-16(19(26)27)8-10-6-13(21)17(30-3)15(7-10)29-2/h4-9H,1-3H3,(H,26,27)(H,23,24,25)/b16-8-. The van der Waals surface area contributed by atoms with Gasteiger partial charge in [0.1, 0.15) is 10.7 Å². The van der Waals surface area contributed by atoms with Crippen LogP contribution in [0.4, 0.5) is 0 Å². The van der Waals surface area contributed by atoms with Gasteiger partial charge in [0.2, 0.25) is 5.16 Å². The molecule has 0 saturated carbocycles. The Kier molecular flexibility index (Phi) is 7.47. The van der Waals surface area contributed by atoms with E-state index in [2.05, 4.69) is 31.1 Å². The van der Waals surface area contributed by atoms with Crippen LogP contribution in [-0.4, -0.2) is 47.6 Å². The fourth-order valence-corrected chi connectivity index (χ4v) is 4.18. The van der Waals surface area contributed by atoms with Crippen LogP contribution in [0.2, 0.25) is 5.02 Å². The summed E-state index contributed by atoms with van der Waals surface area (Å²) < 4.78 is 16.6. The molecule has 0 aliphatic rings. The summed E-state index contributed by atoms with van der Waals surface area (Å²) in [4.78, 5) is 16.2. The van der Waals surface area contributed by atoms with Gasteiger partial charge in [-0.05, 0) is 69.7 Å². The van der Waals surface area contributed by atoms with Crippen LogP contribution >= 0.6 is 39.3 Å². The minimum atomic E-state index is -1.12. The van der Waals surface area contributed by atoms with Crippen molar-refractivity contribution in [1.82, 2.24) is 15.2 Å². The lowest BCUT2D eigenvalue weighted by molar-refractivity contribution is -0.131. The van der Waals surface area contributed by atoms with Crippen LogP contribution in [0.5, 0.6) is 17.2 Å². The SMILES string of the molecule is COc1ccc(Cl)cc1-c1nc(S/C(=C\c2cc(Br)c(OC)c(OC)c2)C(=O)O)n[nH]1. The van der Waals surface area contributed by atoms with Crippen LogP contribution in [0.25, 0.3) is 17.5 Å². The molecule has 1 aromatic heterocycles. The number of H-pyrrole nitrogens is 1. The first-order chi connectivity index (χ1) is 14.9. The summed E-state index contributed by atoms with van der Waals surface area (Å²) in [5.74, 6) is 0.814. The molecule has 0 radical (unpaired) electrons. The molecule has 2 N–H and O–H groups in total. The molecule has 2 aromatic carbocycles. The number of aromatic nitrogens is 3. The number of carbonyl (C=O) groups is 1. The van der Waals surface area contributed by atoms with E-state index in [4.69, 9.17) is 25.8 Å². The molecule has 0 amide bonds. The lowest BCUT2D eigenvalue weighted by atomic mass is 10.2. The van der Waals surface area contributed by atoms with E-state index >= 15 is 0 Å². The number of halogens is 2. The van der Waals surface area contributed by atoms with Gasteiger partial charge in [0.05, 0.1) is 31.4 Å². The van der Waals surface area contributed by atoms with E-state index in [9.17, 15) is 9.90 Å². The fraction of sp³-hybridized carbons (Fsp3) is 0.150. The Hall–Kier alpha value is -2.69. The second kappa shape index (κ2) is 10.1. The average molecular weight is 527 g/mol. The average Bonchev–Trinajstić information content (AvgIpc) is 3.21. The van der Waals surface area contributed by atoms with E-state index in [1.807, 2.05) is 0 Å². The van der Waals surface area contributed by atoms with Gasteiger partial charge in [-0.3, -0.25) is 5.10 Å². The lowest BCUT2D eigenvalue weighted by Crippen LogP contribution is -1.98. The van der Waals surface area contributed by atoms with Crippen molar-refractivity contribution in [3.05, 3.63) is 50.3 Å². The Balaban J connectivity index is 1.93. The molecule has 0 spiro atoms. The van der Waals surface area contributed by atoms with Crippen molar-refractivity contribution in [2.24, 2.45) is 0 Å². The highest BCUT2D eigenvalue weighted by Gasteiger charge is 2.17. The summed E-state index contributed by atoms with van der Waals surface area (Å²) >= 11 is 10.4. The monoisotopic (exact) mass is 525 g/mol. The quantitative estimate of drug-likeness (QED) is 0.307. The second-order valence-electron chi connectivity index (χ2n) is 5.97. The molecule has 162 valence electrons. The van der Waals surface area contributed by atoms with Gasteiger partial charge in [0.15, 0.2) is 17.3 Å². The number of aliphatic carboxylic acids is 1. The topological polar surface area (TPSA) is 107 Å². The van der Waals surface area contributed by atoms with Crippen LogP contribution < -0.4 is 14.2 Å². The minimum absolute atomic E-state index is 0.0164. The number of methoxy groups -OCH3 is 3. The Morgan fingerprint density at radius 3 is 2.55 bits per heavy atom. The molecule has 0 saturated heterocycles. The second-order valence-corrected chi connectivity index (χ2v) is 8.27. The molecule has 0 fully saturated rings. The fourth-order valence-electron chi connectivity index (χ4n) is 2.68. The summed E-state index contributed by atoms with van der Waals surface area (Å²) in [5.41, 5.74) is 1.21. The van der Waals surface area contributed by atoms with Crippen LogP contribution in [0.1, 0.15) is 5.56 Å². The molecule has 0 bridgehead atoms. The van der Waals surface area contributed by atoms with Crippen molar-refractivity contribution >= 4 is 51.3 Å². The number of nitrogens with zero attached hydrogens (tertiary/aromatic N) is 2. The first kappa shape index (κ1) is 23.0. The predicted octanol–water partition coefficient (Wildman–Crippen LogP) is 5.13. The molecule has 0 atom stereocenters. The van der Waals surface area contributed by atoms with Crippen LogP contribution in [-0.2, 0) is 4.79 Å². The zero-order chi connectivity index (χ0) is 22.5. The Labute approximate surface area is 195 Å². The third-order valence-electron chi connectivity index (χ3n) is 4.05. The molecular formula is C20H17BrClN3O5S. The van der Waals surface area contributed by atoms with Gasteiger partial charge in [0.25, 0.3) is 0 Å². The maximum absolute atomic E-state index is 11.8. The van der Waals surface area contributed by atoms with E-state index in [0.717, 1.165) is 11.8 Å². The molecule has 31 heavy (non-hydrogen) atoms. The van der Waals surface area contributed by atoms with Gasteiger partial charge in [-0.25, -0.2) is 9.78 Å². The molecule has 11 heteroatoms. The smallest absolute Gasteiger partial charge is 0.342 e. The summed E-state index contributed by atoms with van der Waals surface area (Å²) in [6, 6.07) is 8.50. The van der Waals surface area contributed by atoms with Crippen LogP contribution in [0.15, 0.2) is 44.9 Å².